The van der Waals surface area contributed by atoms with Gasteiger partial charge in [-0.25, -0.2) is 8.78 Å². The first kappa shape index (κ1) is 45.0. The predicted octanol–water partition coefficient (Wildman–Crippen LogP) is 5.34. The Bertz CT molecular complexity index is 2010. The molecular weight excluding hydrogens is 761 g/mol. The van der Waals surface area contributed by atoms with Crippen LogP contribution in [0.2, 0.25) is 0 Å². The Morgan fingerprint density at radius 1 is 1.03 bits per heavy atom. The van der Waals surface area contributed by atoms with E-state index in [9.17, 15) is 38.3 Å². The van der Waals surface area contributed by atoms with Gasteiger partial charge in [0.05, 0.1) is 12.1 Å². The van der Waals surface area contributed by atoms with Crippen LogP contribution in [0.4, 0.5) is 8.78 Å². The third-order valence-electron chi connectivity index (χ3n) is 11.6. The van der Waals surface area contributed by atoms with Crippen LogP contribution in [0.15, 0.2) is 60.8 Å². The number of hydrogen-bond donors (Lipinski definition) is 3. The Labute approximate surface area is 344 Å². The Kier molecular flexibility index (Phi) is 15.1. The molecule has 1 unspecified atom stereocenters. The lowest BCUT2D eigenvalue weighted by atomic mass is 9.82. The summed E-state index contributed by atoms with van der Waals surface area (Å²) in [7, 11) is 0. The minimum Gasteiger partial charge on any atom is -0.387 e. The van der Waals surface area contributed by atoms with Gasteiger partial charge < -0.3 is 25.6 Å². The standard InChI is InChI=1S/C45H57F2N5O7/c1-28-20-41(57)52(44(28)59)26-40(56)49-18-9-14-38(54)33-13-8-12-30(33)22-39(55)36(48)17-19-51(42(58)27-53)43(45(2,3)4)37-21-31(34-23-32(46)15-16-35(34)47)25-50(37)24-29-10-6-5-7-11-29/h5-7,10-11,15-16,21,23,25,28,30,33,36,43,53H,8-9,12-14,17-20,22,24,26-27,48H2,1-4H3,(H,49,56)/t28?,30-,33-,36+,43+/m1/s1. The highest BCUT2D eigenvalue weighted by Gasteiger charge is 2.39. The SMILES string of the molecule is CC1CC(=O)N(CC(=O)NCCCC(=O)[C@@H]2CCC[C@@H]2CC(=O)[C@@H](N)CCN(C(=O)CO)[C@@H](c2cc(-c3cc(F)ccc3F)cn2Cc2ccccc2)C(C)(C)C)C1=O. The first-order valence-corrected chi connectivity index (χ1v) is 20.5. The number of amides is 4. The summed E-state index contributed by atoms with van der Waals surface area (Å²) in [6.45, 7) is 6.90. The molecule has 0 bridgehead atoms. The van der Waals surface area contributed by atoms with E-state index in [1.54, 1.807) is 19.2 Å². The fraction of sp³-hybridized carbons (Fsp3) is 0.511. The van der Waals surface area contributed by atoms with E-state index in [1.165, 1.54) is 4.90 Å². The summed E-state index contributed by atoms with van der Waals surface area (Å²) in [6, 6.07) is 12.9. The average molecular weight is 818 g/mol. The van der Waals surface area contributed by atoms with Crippen LogP contribution in [0.25, 0.3) is 11.1 Å². The lowest BCUT2D eigenvalue weighted by Gasteiger charge is -2.41. The molecule has 12 nitrogen and oxygen atoms in total. The van der Waals surface area contributed by atoms with E-state index < -0.39 is 53.5 Å². The molecule has 0 spiro atoms. The summed E-state index contributed by atoms with van der Waals surface area (Å²) in [4.78, 5) is 79.4. The molecule has 59 heavy (non-hydrogen) atoms. The van der Waals surface area contributed by atoms with Crippen molar-refractivity contribution in [3.63, 3.8) is 0 Å². The molecule has 1 aliphatic heterocycles. The summed E-state index contributed by atoms with van der Waals surface area (Å²) in [6.07, 6.45) is 4.70. The number of carbonyl (C=O) groups excluding carboxylic acids is 6. The molecule has 1 saturated carbocycles. The fourth-order valence-electron chi connectivity index (χ4n) is 8.54. The third-order valence-corrected chi connectivity index (χ3v) is 11.6. The van der Waals surface area contributed by atoms with Gasteiger partial charge in [-0.05, 0) is 66.8 Å². The fourth-order valence-corrected chi connectivity index (χ4v) is 8.54. The molecule has 2 heterocycles. The predicted molar refractivity (Wildman–Crippen MR) is 217 cm³/mol. The van der Waals surface area contributed by atoms with Crippen molar-refractivity contribution in [3.8, 4) is 11.1 Å². The molecule has 1 aliphatic carbocycles. The molecule has 4 N–H and O–H groups in total. The van der Waals surface area contributed by atoms with Crippen molar-refractivity contribution in [2.45, 2.75) is 97.7 Å². The highest BCUT2D eigenvalue weighted by molar-refractivity contribution is 6.05. The van der Waals surface area contributed by atoms with Crippen LogP contribution in [0.1, 0.15) is 96.4 Å². The van der Waals surface area contributed by atoms with Gasteiger partial charge in [0.1, 0.15) is 36.4 Å². The number of aliphatic hydroxyl groups is 1. The first-order valence-electron chi connectivity index (χ1n) is 20.5. The third kappa shape index (κ3) is 11.4. The number of rotatable bonds is 19. The molecular formula is C45H57F2N5O7. The number of hydrogen-bond acceptors (Lipinski definition) is 8. The Morgan fingerprint density at radius 3 is 2.42 bits per heavy atom. The van der Waals surface area contributed by atoms with E-state index in [-0.39, 0.29) is 86.1 Å². The van der Waals surface area contributed by atoms with E-state index in [1.807, 2.05) is 55.7 Å². The van der Waals surface area contributed by atoms with Crippen molar-refractivity contribution < 1.29 is 42.7 Å². The maximum Gasteiger partial charge on any atom is 0.248 e. The molecule has 2 aromatic carbocycles. The second-order valence-electron chi connectivity index (χ2n) is 17.1. The van der Waals surface area contributed by atoms with Crippen molar-refractivity contribution in [2.24, 2.45) is 28.9 Å². The zero-order valence-electron chi connectivity index (χ0n) is 34.4. The minimum atomic E-state index is -0.957. The Balaban J connectivity index is 1.24. The van der Waals surface area contributed by atoms with E-state index in [4.69, 9.17) is 5.73 Å². The maximum absolute atomic E-state index is 15.1. The lowest BCUT2D eigenvalue weighted by molar-refractivity contribution is -0.143. The zero-order valence-corrected chi connectivity index (χ0v) is 34.4. The Morgan fingerprint density at radius 2 is 1.76 bits per heavy atom. The van der Waals surface area contributed by atoms with Crippen molar-refractivity contribution in [1.82, 2.24) is 19.7 Å². The molecule has 318 valence electrons. The number of likely N-dealkylation sites (tertiary alicyclic amines) is 1. The molecule has 5 atom stereocenters. The van der Waals surface area contributed by atoms with Crippen molar-refractivity contribution in [1.29, 1.82) is 0 Å². The van der Waals surface area contributed by atoms with E-state index in [2.05, 4.69) is 5.32 Å². The van der Waals surface area contributed by atoms with E-state index in [0.29, 0.717) is 37.1 Å². The smallest absolute Gasteiger partial charge is 0.248 e. The first-order chi connectivity index (χ1) is 28.0. The summed E-state index contributed by atoms with van der Waals surface area (Å²) in [5.74, 6) is -4.17. The monoisotopic (exact) mass is 817 g/mol. The van der Waals surface area contributed by atoms with Gasteiger partial charge >= 0.3 is 0 Å². The van der Waals surface area contributed by atoms with Gasteiger partial charge in [-0.3, -0.25) is 33.7 Å². The van der Waals surface area contributed by atoms with Gasteiger partial charge in [0.25, 0.3) is 0 Å². The van der Waals surface area contributed by atoms with E-state index in [0.717, 1.165) is 35.1 Å². The highest BCUT2D eigenvalue weighted by Crippen LogP contribution is 2.42. The van der Waals surface area contributed by atoms with Crippen LogP contribution in [0.5, 0.6) is 0 Å². The molecule has 3 aromatic rings. The normalized spacial score (nSPS) is 19.2. The van der Waals surface area contributed by atoms with Crippen molar-refractivity contribution in [3.05, 3.63) is 83.7 Å². The van der Waals surface area contributed by atoms with Gasteiger partial charge in [-0.15, -0.1) is 0 Å². The van der Waals surface area contributed by atoms with Gasteiger partial charge in [0, 0.05) is 73.8 Å². The van der Waals surface area contributed by atoms with Crippen LogP contribution in [0, 0.1) is 34.8 Å². The van der Waals surface area contributed by atoms with Crippen LogP contribution in [0.3, 0.4) is 0 Å². The number of aliphatic hydroxyl groups excluding tert-OH is 1. The quantitative estimate of drug-likeness (QED) is 0.107. The molecule has 2 fully saturated rings. The van der Waals surface area contributed by atoms with Crippen LogP contribution in [-0.4, -0.2) is 87.0 Å². The summed E-state index contributed by atoms with van der Waals surface area (Å²) >= 11 is 0. The van der Waals surface area contributed by atoms with Gasteiger partial charge in [0.2, 0.25) is 23.6 Å². The topological polar surface area (TPSA) is 172 Å². The number of nitrogens with two attached hydrogens (primary N) is 1. The van der Waals surface area contributed by atoms with Crippen LogP contribution < -0.4 is 11.1 Å². The number of ketones is 2. The number of halogens is 2. The molecule has 1 saturated heterocycles. The summed E-state index contributed by atoms with van der Waals surface area (Å²) < 4.78 is 31.4. The van der Waals surface area contributed by atoms with E-state index >= 15 is 4.39 Å². The largest absolute Gasteiger partial charge is 0.387 e. The van der Waals surface area contributed by atoms with Gasteiger partial charge in [-0.2, -0.15) is 0 Å². The van der Waals surface area contributed by atoms with Crippen LogP contribution in [-0.2, 0) is 35.3 Å². The number of nitrogens with one attached hydrogen (secondary N) is 1. The molecule has 0 radical (unpaired) electrons. The second kappa shape index (κ2) is 19.8. The van der Waals surface area contributed by atoms with Crippen LogP contribution >= 0.6 is 0 Å². The average Bonchev–Trinajstić information content (AvgIpc) is 3.89. The molecule has 2 aliphatic rings. The molecule has 5 rings (SSSR count). The number of nitrogens with zero attached hydrogens (tertiary/aromatic N) is 3. The second-order valence-corrected chi connectivity index (χ2v) is 17.1. The molecule has 1 aromatic heterocycles. The molecule has 4 amide bonds. The molecule has 14 heteroatoms. The van der Waals surface area contributed by atoms with Crippen molar-refractivity contribution >= 4 is 35.2 Å². The summed E-state index contributed by atoms with van der Waals surface area (Å²) in [5, 5.41) is 12.9. The number of imide groups is 1. The number of carbonyl (C=O) groups is 6. The Hall–Kier alpha value is -5.08. The maximum atomic E-state index is 15.1. The highest BCUT2D eigenvalue weighted by atomic mass is 19.1. The van der Waals surface area contributed by atoms with Crippen molar-refractivity contribution in [2.75, 3.05) is 26.2 Å². The number of benzene rings is 2. The zero-order chi connectivity index (χ0) is 43.0. The van der Waals surface area contributed by atoms with Gasteiger partial charge in [0.15, 0.2) is 0 Å². The lowest BCUT2D eigenvalue weighted by Crippen LogP contribution is -2.46. The summed E-state index contributed by atoms with van der Waals surface area (Å²) in [5.41, 5.74) is 7.90. The number of aromatic nitrogens is 1. The minimum absolute atomic E-state index is 0.00516. The van der Waals surface area contributed by atoms with Gasteiger partial charge in [-0.1, -0.05) is 64.4 Å². The number of Topliss-reactive ketones (excluding diaryl/α,β-unsaturated/α-hetero) is 2.